The molecule has 3 aromatic rings. The molecule has 3 aromatic heterocycles. The van der Waals surface area contributed by atoms with Crippen LogP contribution in [0.3, 0.4) is 0 Å². The number of amides is 2. The summed E-state index contributed by atoms with van der Waals surface area (Å²) in [4.78, 5) is 61.4. The number of halogens is 2. The lowest BCUT2D eigenvalue weighted by Crippen LogP contribution is -2.59. The lowest BCUT2D eigenvalue weighted by atomic mass is 9.87. The number of piperidine rings is 1. The summed E-state index contributed by atoms with van der Waals surface area (Å²) in [6, 6.07) is 8.12. The van der Waals surface area contributed by atoms with Crippen molar-refractivity contribution < 1.29 is 27.9 Å². The normalized spacial score (nSPS) is 25.0. The number of likely N-dealkylation sites (tertiary alicyclic amines) is 1. The SMILES string of the molecule is CC1CN(C2COC2)CCN1c1ccc(N=C2CC(c3ccnc(N4CCn5c(cc6c5CC(F)(F)CC6)C4=O)c3C=O)CN(C)C2=O)nc1. The van der Waals surface area contributed by atoms with Crippen molar-refractivity contribution in [2.24, 2.45) is 4.99 Å². The van der Waals surface area contributed by atoms with Gasteiger partial charge in [0, 0.05) is 83.0 Å². The minimum absolute atomic E-state index is 0.192. The average molecular weight is 687 g/mol. The van der Waals surface area contributed by atoms with Crippen LogP contribution >= 0.6 is 0 Å². The highest BCUT2D eigenvalue weighted by atomic mass is 19.3. The molecule has 12 nitrogen and oxygen atoms in total. The van der Waals surface area contributed by atoms with Gasteiger partial charge in [-0.15, -0.1) is 0 Å². The van der Waals surface area contributed by atoms with Crippen molar-refractivity contribution in [3.8, 4) is 0 Å². The molecule has 0 saturated carbocycles. The Labute approximate surface area is 288 Å². The molecule has 1 aliphatic carbocycles. The Bertz CT molecular complexity index is 1870. The molecule has 3 fully saturated rings. The standard InChI is InChI=1S/C36H40F2N8O4/c1-22-17-43(26-20-50-21-26)9-10-44(22)25-3-4-32(40-16-25)41-29-13-24(18-42(2)34(29)48)27-6-8-39-33(28(27)19-47)46-12-11-45-30(35(46)49)14-23-5-7-36(37,38)15-31(23)45/h3-4,6,8,14,16,19,22,24,26H,5,7,9-13,15,17-18,20-21H2,1-2H3. The van der Waals surface area contributed by atoms with Gasteiger partial charge >= 0.3 is 0 Å². The number of aliphatic imine (C=N–C) groups is 1. The number of nitrogens with zero attached hydrogens (tertiary/aromatic N) is 8. The van der Waals surface area contributed by atoms with Crippen LogP contribution in [0.15, 0.2) is 41.7 Å². The fourth-order valence-corrected chi connectivity index (χ4v) is 8.17. The number of alkyl halides is 2. The van der Waals surface area contributed by atoms with Crippen molar-refractivity contribution in [1.29, 1.82) is 0 Å². The zero-order chi connectivity index (χ0) is 34.7. The number of aryl methyl sites for hydroxylation is 1. The van der Waals surface area contributed by atoms with Crippen LogP contribution in [0.25, 0.3) is 0 Å². The molecule has 5 aliphatic rings. The van der Waals surface area contributed by atoms with Gasteiger partial charge in [0.1, 0.15) is 17.2 Å². The lowest BCUT2D eigenvalue weighted by molar-refractivity contribution is -0.124. The summed E-state index contributed by atoms with van der Waals surface area (Å²) < 4.78 is 35.5. The van der Waals surface area contributed by atoms with Crippen LogP contribution in [0.4, 0.5) is 26.1 Å². The quantitative estimate of drug-likeness (QED) is 0.362. The van der Waals surface area contributed by atoms with E-state index < -0.39 is 5.92 Å². The number of piperazine rings is 1. The zero-order valence-electron chi connectivity index (χ0n) is 28.2. The minimum Gasteiger partial charge on any atom is -0.378 e. The number of fused-ring (bicyclic) bond motifs is 3. The van der Waals surface area contributed by atoms with E-state index >= 15 is 0 Å². The van der Waals surface area contributed by atoms with E-state index in [9.17, 15) is 23.2 Å². The third kappa shape index (κ3) is 5.77. The van der Waals surface area contributed by atoms with Crippen molar-refractivity contribution in [2.45, 2.75) is 63.1 Å². The predicted molar refractivity (Wildman–Crippen MR) is 182 cm³/mol. The molecule has 0 radical (unpaired) electrons. The fraction of sp³-hybridized carbons (Fsp3) is 0.500. The van der Waals surface area contributed by atoms with Crippen LogP contribution in [0.1, 0.15) is 63.4 Å². The van der Waals surface area contributed by atoms with Crippen LogP contribution in [0, 0.1) is 0 Å². The molecule has 3 saturated heterocycles. The van der Waals surface area contributed by atoms with Gasteiger partial charge < -0.3 is 19.1 Å². The summed E-state index contributed by atoms with van der Waals surface area (Å²) in [5, 5.41) is 0. The number of aldehydes is 1. The number of carbonyl (C=O) groups excluding carboxylic acids is 3. The molecule has 0 bridgehead atoms. The third-order valence-electron chi connectivity index (χ3n) is 10.9. The molecule has 2 atom stereocenters. The Kier molecular flexibility index (Phi) is 8.25. The largest absolute Gasteiger partial charge is 0.378 e. The van der Waals surface area contributed by atoms with E-state index in [1.54, 1.807) is 41.0 Å². The number of pyridine rings is 2. The number of hydrogen-bond donors (Lipinski definition) is 0. The Morgan fingerprint density at radius 1 is 1.04 bits per heavy atom. The van der Waals surface area contributed by atoms with Crippen LogP contribution in [0.2, 0.25) is 0 Å². The maximum Gasteiger partial charge on any atom is 0.276 e. The second-order valence-corrected chi connectivity index (χ2v) is 14.1. The van der Waals surface area contributed by atoms with Gasteiger partial charge in [-0.3, -0.25) is 24.2 Å². The molecule has 14 heteroatoms. The molecule has 50 heavy (non-hydrogen) atoms. The number of carbonyl (C=O) groups is 3. The summed E-state index contributed by atoms with van der Waals surface area (Å²) in [6.07, 6.45) is 3.95. The molecular formula is C36H40F2N8O4. The number of likely N-dealkylation sites (N-methyl/N-ethyl adjacent to an activating group) is 1. The van der Waals surface area contributed by atoms with Crippen LogP contribution in [-0.4, -0.2) is 119 Å². The molecule has 8 rings (SSSR count). The third-order valence-corrected chi connectivity index (χ3v) is 10.9. The predicted octanol–water partition coefficient (Wildman–Crippen LogP) is 3.50. The number of ether oxygens (including phenoxy) is 1. The van der Waals surface area contributed by atoms with E-state index in [4.69, 9.17) is 4.74 Å². The summed E-state index contributed by atoms with van der Waals surface area (Å²) in [5.74, 6) is -3.01. The first-order chi connectivity index (χ1) is 24.1. The topological polar surface area (TPSA) is 116 Å². The average Bonchev–Trinajstić information content (AvgIpc) is 3.44. The van der Waals surface area contributed by atoms with Gasteiger partial charge in [-0.2, -0.15) is 0 Å². The van der Waals surface area contributed by atoms with Crippen molar-refractivity contribution in [1.82, 2.24) is 24.3 Å². The summed E-state index contributed by atoms with van der Waals surface area (Å²) in [6.45, 7) is 7.50. The number of anilines is 2. The number of hydrogen-bond acceptors (Lipinski definition) is 9. The van der Waals surface area contributed by atoms with Crippen LogP contribution < -0.4 is 9.80 Å². The van der Waals surface area contributed by atoms with Gasteiger partial charge in [0.15, 0.2) is 12.1 Å². The fourth-order valence-electron chi connectivity index (χ4n) is 8.17. The van der Waals surface area contributed by atoms with E-state index in [0.717, 1.165) is 44.1 Å². The molecule has 2 amide bonds. The second-order valence-electron chi connectivity index (χ2n) is 14.1. The van der Waals surface area contributed by atoms with E-state index in [0.29, 0.717) is 59.9 Å². The van der Waals surface area contributed by atoms with Gasteiger partial charge in [0.05, 0.1) is 43.1 Å². The van der Waals surface area contributed by atoms with E-state index in [2.05, 4.69) is 31.7 Å². The molecule has 0 spiro atoms. The van der Waals surface area contributed by atoms with Crippen molar-refractivity contribution in [2.75, 3.05) is 62.8 Å². The number of rotatable bonds is 6. The maximum atomic E-state index is 14.2. The zero-order valence-corrected chi connectivity index (χ0v) is 28.2. The second kappa shape index (κ2) is 12.6. The van der Waals surface area contributed by atoms with Gasteiger partial charge in [-0.05, 0) is 48.7 Å². The summed E-state index contributed by atoms with van der Waals surface area (Å²) in [5.41, 5.74) is 3.89. The van der Waals surface area contributed by atoms with Crippen molar-refractivity contribution in [3.05, 3.63) is 64.7 Å². The summed E-state index contributed by atoms with van der Waals surface area (Å²) in [7, 11) is 1.70. The monoisotopic (exact) mass is 686 g/mol. The maximum absolute atomic E-state index is 14.2. The van der Waals surface area contributed by atoms with Crippen molar-refractivity contribution in [3.63, 3.8) is 0 Å². The summed E-state index contributed by atoms with van der Waals surface area (Å²) >= 11 is 0. The first-order valence-corrected chi connectivity index (χ1v) is 17.3. The highest BCUT2D eigenvalue weighted by molar-refractivity contribution is 6.40. The van der Waals surface area contributed by atoms with E-state index in [-0.39, 0.29) is 61.3 Å². The Hall–Kier alpha value is -4.56. The van der Waals surface area contributed by atoms with Gasteiger partial charge in [-0.1, -0.05) is 0 Å². The Balaban J connectivity index is 1.01. The lowest BCUT2D eigenvalue weighted by Gasteiger charge is -2.46. The van der Waals surface area contributed by atoms with E-state index in [1.807, 2.05) is 12.1 Å². The number of aromatic nitrogens is 3. The molecule has 2 unspecified atom stereocenters. The Morgan fingerprint density at radius 3 is 2.60 bits per heavy atom. The molecule has 262 valence electrons. The molecular weight excluding hydrogens is 646 g/mol. The van der Waals surface area contributed by atoms with Crippen molar-refractivity contribution >= 4 is 41.1 Å². The van der Waals surface area contributed by atoms with Gasteiger partial charge in [0.2, 0.25) is 0 Å². The van der Waals surface area contributed by atoms with E-state index in [1.165, 1.54) is 4.90 Å². The van der Waals surface area contributed by atoms with Crippen LogP contribution in [-0.2, 0) is 28.9 Å². The molecule has 4 aliphatic heterocycles. The van der Waals surface area contributed by atoms with Gasteiger partial charge in [-0.25, -0.2) is 23.7 Å². The highest BCUT2D eigenvalue weighted by Gasteiger charge is 2.40. The Morgan fingerprint density at radius 2 is 1.88 bits per heavy atom. The molecule has 0 aromatic carbocycles. The first-order valence-electron chi connectivity index (χ1n) is 17.3. The molecule has 7 heterocycles. The van der Waals surface area contributed by atoms with Crippen LogP contribution in [0.5, 0.6) is 0 Å². The first kappa shape index (κ1) is 32.6. The van der Waals surface area contributed by atoms with Gasteiger partial charge in [0.25, 0.3) is 17.7 Å². The molecule has 0 N–H and O–H groups in total. The highest BCUT2D eigenvalue weighted by Crippen LogP contribution is 2.38. The minimum atomic E-state index is -2.79. The smallest absolute Gasteiger partial charge is 0.276 e.